The first-order chi connectivity index (χ1) is 12.2. The first kappa shape index (κ1) is 17.4. The minimum Gasteiger partial charge on any atom is -0.336 e. The molecule has 0 radical (unpaired) electrons. The number of carbonyl (C=O) groups is 1. The molecule has 1 aliphatic rings. The van der Waals surface area contributed by atoms with Crippen LogP contribution < -0.4 is 16.0 Å². The van der Waals surface area contributed by atoms with E-state index in [9.17, 15) is 9.18 Å². The van der Waals surface area contributed by atoms with E-state index in [-0.39, 0.29) is 17.9 Å². The number of nitrogens with one attached hydrogen (secondary N) is 3. The normalized spacial score (nSPS) is 20.0. The lowest BCUT2D eigenvalue weighted by atomic mass is 9.87. The molecule has 3 N–H and O–H groups in total. The number of halogens is 1. The Balaban J connectivity index is 1.43. The molecular formula is C20H24FN3O. The lowest BCUT2D eigenvalue weighted by molar-refractivity contribution is 0.246. The van der Waals surface area contributed by atoms with Gasteiger partial charge in [0, 0.05) is 18.3 Å². The SMILES string of the molecule is O=C(NC[C@@H]1C[C@@H](Cc2ccc(F)cc2)CCN1)Nc1ccccc1. The van der Waals surface area contributed by atoms with Crippen molar-refractivity contribution in [3.8, 4) is 0 Å². The Labute approximate surface area is 147 Å². The van der Waals surface area contributed by atoms with Gasteiger partial charge >= 0.3 is 6.03 Å². The monoisotopic (exact) mass is 341 g/mol. The predicted octanol–water partition coefficient (Wildman–Crippen LogP) is 3.56. The Bertz CT molecular complexity index is 675. The van der Waals surface area contributed by atoms with Gasteiger partial charge in [-0.25, -0.2) is 9.18 Å². The van der Waals surface area contributed by atoms with E-state index < -0.39 is 0 Å². The molecule has 2 amide bonds. The second-order valence-corrected chi connectivity index (χ2v) is 6.57. The molecule has 2 atom stereocenters. The zero-order valence-electron chi connectivity index (χ0n) is 14.2. The molecule has 0 bridgehead atoms. The molecule has 1 saturated heterocycles. The Kier molecular flexibility index (Phi) is 6.01. The van der Waals surface area contributed by atoms with E-state index in [1.54, 1.807) is 0 Å². The number of hydrogen-bond donors (Lipinski definition) is 3. The highest BCUT2D eigenvalue weighted by atomic mass is 19.1. The van der Waals surface area contributed by atoms with Gasteiger partial charge in [-0.2, -0.15) is 0 Å². The fourth-order valence-electron chi connectivity index (χ4n) is 3.30. The number of piperidine rings is 1. The molecule has 4 nitrogen and oxygen atoms in total. The number of amides is 2. The van der Waals surface area contributed by atoms with Gasteiger partial charge < -0.3 is 16.0 Å². The van der Waals surface area contributed by atoms with E-state index in [1.165, 1.54) is 17.7 Å². The highest BCUT2D eigenvalue weighted by Crippen LogP contribution is 2.21. The van der Waals surface area contributed by atoms with Crippen molar-refractivity contribution in [2.45, 2.75) is 25.3 Å². The summed E-state index contributed by atoms with van der Waals surface area (Å²) in [5, 5.41) is 9.22. The van der Waals surface area contributed by atoms with Gasteiger partial charge in [0.1, 0.15) is 5.82 Å². The first-order valence-corrected chi connectivity index (χ1v) is 8.77. The molecule has 2 aromatic rings. The number of carbonyl (C=O) groups excluding carboxylic acids is 1. The van der Waals surface area contributed by atoms with Crippen molar-refractivity contribution in [1.82, 2.24) is 10.6 Å². The van der Waals surface area contributed by atoms with Crippen LogP contribution >= 0.6 is 0 Å². The highest BCUT2D eigenvalue weighted by molar-refractivity contribution is 5.89. The van der Waals surface area contributed by atoms with Crippen molar-refractivity contribution in [3.63, 3.8) is 0 Å². The number of benzene rings is 2. The second kappa shape index (κ2) is 8.62. The third-order valence-corrected chi connectivity index (χ3v) is 4.58. The maximum absolute atomic E-state index is 13.0. The molecule has 0 aromatic heterocycles. The number of hydrogen-bond acceptors (Lipinski definition) is 2. The fraction of sp³-hybridized carbons (Fsp3) is 0.350. The van der Waals surface area contributed by atoms with Crippen LogP contribution in [0.4, 0.5) is 14.9 Å². The van der Waals surface area contributed by atoms with Crippen LogP contribution in [0.1, 0.15) is 18.4 Å². The maximum atomic E-state index is 13.0. The Hall–Kier alpha value is -2.40. The van der Waals surface area contributed by atoms with Crippen LogP contribution in [-0.2, 0) is 6.42 Å². The summed E-state index contributed by atoms with van der Waals surface area (Å²) >= 11 is 0. The zero-order chi connectivity index (χ0) is 17.5. The van der Waals surface area contributed by atoms with E-state index >= 15 is 0 Å². The Morgan fingerprint density at radius 2 is 1.88 bits per heavy atom. The summed E-state index contributed by atoms with van der Waals surface area (Å²) in [4.78, 5) is 12.0. The molecule has 5 heteroatoms. The van der Waals surface area contributed by atoms with Crippen LogP contribution in [0.15, 0.2) is 54.6 Å². The van der Waals surface area contributed by atoms with Crippen molar-refractivity contribution in [2.75, 3.05) is 18.4 Å². The summed E-state index contributed by atoms with van der Waals surface area (Å²) < 4.78 is 13.0. The van der Waals surface area contributed by atoms with Gasteiger partial charge in [-0.1, -0.05) is 30.3 Å². The summed E-state index contributed by atoms with van der Waals surface area (Å²) in [6, 6.07) is 16.2. The van der Waals surface area contributed by atoms with E-state index in [4.69, 9.17) is 0 Å². The first-order valence-electron chi connectivity index (χ1n) is 8.77. The van der Waals surface area contributed by atoms with Gasteiger partial charge in [-0.05, 0) is 61.6 Å². The highest BCUT2D eigenvalue weighted by Gasteiger charge is 2.22. The van der Waals surface area contributed by atoms with Gasteiger partial charge in [-0.3, -0.25) is 0 Å². The number of urea groups is 1. The van der Waals surface area contributed by atoms with Crippen molar-refractivity contribution in [2.24, 2.45) is 5.92 Å². The molecule has 0 aliphatic carbocycles. The van der Waals surface area contributed by atoms with Crippen LogP contribution in [0.5, 0.6) is 0 Å². The fourth-order valence-corrected chi connectivity index (χ4v) is 3.30. The number of para-hydroxylation sites is 1. The molecule has 25 heavy (non-hydrogen) atoms. The van der Waals surface area contributed by atoms with Gasteiger partial charge in [0.05, 0.1) is 0 Å². The molecule has 0 unspecified atom stereocenters. The summed E-state index contributed by atoms with van der Waals surface area (Å²) in [5.41, 5.74) is 1.95. The van der Waals surface area contributed by atoms with Gasteiger partial charge in [0.25, 0.3) is 0 Å². The Morgan fingerprint density at radius 1 is 1.12 bits per heavy atom. The molecule has 0 saturated carbocycles. The molecule has 3 rings (SSSR count). The summed E-state index contributed by atoms with van der Waals surface area (Å²) in [6.07, 6.45) is 3.06. The summed E-state index contributed by atoms with van der Waals surface area (Å²) in [7, 11) is 0. The van der Waals surface area contributed by atoms with Crippen LogP contribution in [0.25, 0.3) is 0 Å². The van der Waals surface area contributed by atoms with Crippen LogP contribution in [0, 0.1) is 11.7 Å². The smallest absolute Gasteiger partial charge is 0.319 e. The minimum absolute atomic E-state index is 0.186. The number of rotatable bonds is 5. The van der Waals surface area contributed by atoms with Crippen molar-refractivity contribution in [1.29, 1.82) is 0 Å². The third-order valence-electron chi connectivity index (χ3n) is 4.58. The van der Waals surface area contributed by atoms with Crippen molar-refractivity contribution >= 4 is 11.7 Å². The van der Waals surface area contributed by atoms with Gasteiger partial charge in [0.2, 0.25) is 0 Å². The average Bonchev–Trinajstić information content (AvgIpc) is 2.63. The summed E-state index contributed by atoms with van der Waals surface area (Å²) in [5.74, 6) is 0.358. The minimum atomic E-state index is -0.194. The second-order valence-electron chi connectivity index (χ2n) is 6.57. The quantitative estimate of drug-likeness (QED) is 0.779. The molecular weight excluding hydrogens is 317 g/mol. The lowest BCUT2D eigenvalue weighted by Gasteiger charge is -2.30. The standard InChI is InChI=1S/C20H24FN3O/c21-17-8-6-15(7-9-17)12-16-10-11-22-19(13-16)14-23-20(25)24-18-4-2-1-3-5-18/h1-9,16,19,22H,10-14H2,(H2,23,24,25)/t16-,19+/m1/s1. The Morgan fingerprint density at radius 3 is 2.64 bits per heavy atom. The summed E-state index contributed by atoms with van der Waals surface area (Å²) in [6.45, 7) is 1.54. The van der Waals surface area contributed by atoms with Crippen LogP contribution in [0.3, 0.4) is 0 Å². The molecule has 0 spiro atoms. The predicted molar refractivity (Wildman–Crippen MR) is 98.1 cm³/mol. The van der Waals surface area contributed by atoms with Crippen LogP contribution in [0.2, 0.25) is 0 Å². The molecule has 132 valence electrons. The van der Waals surface area contributed by atoms with Crippen LogP contribution in [-0.4, -0.2) is 25.2 Å². The molecule has 2 aromatic carbocycles. The lowest BCUT2D eigenvalue weighted by Crippen LogP contribution is -2.47. The van der Waals surface area contributed by atoms with E-state index in [2.05, 4.69) is 16.0 Å². The van der Waals surface area contributed by atoms with E-state index in [0.29, 0.717) is 12.5 Å². The average molecular weight is 341 g/mol. The van der Waals surface area contributed by atoms with E-state index in [0.717, 1.165) is 31.5 Å². The van der Waals surface area contributed by atoms with Crippen molar-refractivity contribution < 1.29 is 9.18 Å². The number of anilines is 1. The van der Waals surface area contributed by atoms with Crippen molar-refractivity contribution in [3.05, 3.63) is 66.0 Å². The topological polar surface area (TPSA) is 53.2 Å². The maximum Gasteiger partial charge on any atom is 0.319 e. The van der Waals surface area contributed by atoms with Gasteiger partial charge in [0.15, 0.2) is 0 Å². The van der Waals surface area contributed by atoms with E-state index in [1.807, 2.05) is 42.5 Å². The van der Waals surface area contributed by atoms with Gasteiger partial charge in [-0.15, -0.1) is 0 Å². The molecule has 1 fully saturated rings. The zero-order valence-corrected chi connectivity index (χ0v) is 14.2. The largest absolute Gasteiger partial charge is 0.336 e. The molecule has 1 heterocycles. The molecule has 1 aliphatic heterocycles. The third kappa shape index (κ3) is 5.57.